The number of hydrogen-bond acceptors (Lipinski definition) is 3. The van der Waals surface area contributed by atoms with Gasteiger partial charge in [-0.2, -0.15) is 0 Å². The van der Waals surface area contributed by atoms with Crippen LogP contribution >= 0.6 is 0 Å². The molecule has 1 aromatic rings. The second kappa shape index (κ2) is 6.17. The van der Waals surface area contributed by atoms with Gasteiger partial charge in [0.2, 0.25) is 5.91 Å². The number of amides is 1. The zero-order valence-corrected chi connectivity index (χ0v) is 11.3. The number of aliphatic hydroxyl groups excluding tert-OH is 1. The van der Waals surface area contributed by atoms with Gasteiger partial charge in [-0.3, -0.25) is 4.79 Å². The van der Waals surface area contributed by atoms with Gasteiger partial charge in [0.1, 0.15) is 5.41 Å². The fourth-order valence-electron chi connectivity index (χ4n) is 2.12. The Kier molecular flexibility index (Phi) is 4.56. The monoisotopic (exact) mass is 263 g/mol. The average molecular weight is 263 g/mol. The summed E-state index contributed by atoms with van der Waals surface area (Å²) in [6.07, 6.45) is 2.21. The molecule has 1 aromatic carbocycles. The molecule has 1 amide bonds. The smallest absolute Gasteiger partial charge is 0.233 e. The molecule has 0 radical (unpaired) electrons. The maximum Gasteiger partial charge on any atom is 0.233 e. The molecule has 2 rings (SSSR count). The highest BCUT2D eigenvalue weighted by Crippen LogP contribution is 2.26. The third-order valence-corrected chi connectivity index (χ3v) is 3.56. The van der Waals surface area contributed by atoms with Crippen molar-refractivity contribution >= 4 is 5.91 Å². The van der Waals surface area contributed by atoms with Crippen molar-refractivity contribution in [3.8, 4) is 0 Å². The Balaban J connectivity index is 1.86. The van der Waals surface area contributed by atoms with E-state index in [4.69, 9.17) is 4.74 Å². The lowest BCUT2D eigenvalue weighted by Crippen LogP contribution is -2.56. The topological polar surface area (TPSA) is 58.6 Å². The van der Waals surface area contributed by atoms with E-state index in [1.54, 1.807) is 0 Å². The van der Waals surface area contributed by atoms with Crippen LogP contribution in [-0.4, -0.2) is 30.8 Å². The molecule has 0 unspecified atom stereocenters. The van der Waals surface area contributed by atoms with Crippen LogP contribution in [0, 0.1) is 5.41 Å². The van der Waals surface area contributed by atoms with Crippen molar-refractivity contribution in [1.82, 2.24) is 5.32 Å². The zero-order valence-electron chi connectivity index (χ0n) is 11.3. The van der Waals surface area contributed by atoms with E-state index >= 15 is 0 Å². The molecule has 0 spiro atoms. The molecule has 0 atom stereocenters. The van der Waals surface area contributed by atoms with Gasteiger partial charge >= 0.3 is 0 Å². The van der Waals surface area contributed by atoms with Gasteiger partial charge in [-0.05, 0) is 17.5 Å². The van der Waals surface area contributed by atoms with Gasteiger partial charge in [-0.1, -0.05) is 37.6 Å². The molecule has 0 aromatic heterocycles. The van der Waals surface area contributed by atoms with E-state index in [0.29, 0.717) is 19.8 Å². The predicted octanol–water partition coefficient (Wildman–Crippen LogP) is 1.26. The molecule has 0 aliphatic carbocycles. The summed E-state index contributed by atoms with van der Waals surface area (Å²) in [6, 6.07) is 8.26. The van der Waals surface area contributed by atoms with E-state index in [-0.39, 0.29) is 12.5 Å². The van der Waals surface area contributed by atoms with Gasteiger partial charge < -0.3 is 15.2 Å². The van der Waals surface area contributed by atoms with Crippen molar-refractivity contribution in [2.24, 2.45) is 5.41 Å². The Morgan fingerprint density at radius 2 is 1.95 bits per heavy atom. The van der Waals surface area contributed by atoms with Crippen molar-refractivity contribution in [2.75, 3.05) is 19.8 Å². The highest BCUT2D eigenvalue weighted by Gasteiger charge is 2.45. The number of benzene rings is 1. The number of nitrogens with one attached hydrogen (secondary N) is 1. The van der Waals surface area contributed by atoms with Crippen LogP contribution in [0.1, 0.15) is 24.5 Å². The molecule has 1 fully saturated rings. The van der Waals surface area contributed by atoms with Crippen LogP contribution in [-0.2, 0) is 22.5 Å². The van der Waals surface area contributed by atoms with E-state index in [1.165, 1.54) is 5.56 Å². The van der Waals surface area contributed by atoms with Crippen LogP contribution in [0.15, 0.2) is 24.3 Å². The Morgan fingerprint density at radius 3 is 2.42 bits per heavy atom. The van der Waals surface area contributed by atoms with Crippen molar-refractivity contribution < 1.29 is 14.6 Å². The molecular weight excluding hydrogens is 242 g/mol. The predicted molar refractivity (Wildman–Crippen MR) is 72.6 cm³/mol. The van der Waals surface area contributed by atoms with Gasteiger partial charge in [0, 0.05) is 6.54 Å². The highest BCUT2D eigenvalue weighted by atomic mass is 16.5. The second-order valence-electron chi connectivity index (χ2n) is 5.18. The molecule has 0 saturated carbocycles. The lowest BCUT2D eigenvalue weighted by Gasteiger charge is -2.38. The summed E-state index contributed by atoms with van der Waals surface area (Å²) >= 11 is 0. The number of aliphatic hydroxyl groups is 1. The maximum atomic E-state index is 12.0. The summed E-state index contributed by atoms with van der Waals surface area (Å²) in [5.41, 5.74) is 1.67. The summed E-state index contributed by atoms with van der Waals surface area (Å²) in [5, 5.41) is 12.1. The first-order valence-electron chi connectivity index (χ1n) is 6.75. The Bertz CT molecular complexity index is 418. The van der Waals surface area contributed by atoms with Crippen LogP contribution in [0.5, 0.6) is 0 Å². The second-order valence-corrected chi connectivity index (χ2v) is 5.18. The summed E-state index contributed by atoms with van der Waals surface area (Å²) in [4.78, 5) is 12.0. The number of aryl methyl sites for hydroxylation is 1. The molecule has 19 heavy (non-hydrogen) atoms. The van der Waals surface area contributed by atoms with Gasteiger partial charge in [-0.25, -0.2) is 0 Å². The van der Waals surface area contributed by atoms with Gasteiger partial charge in [-0.15, -0.1) is 0 Å². The minimum Gasteiger partial charge on any atom is -0.395 e. The van der Waals surface area contributed by atoms with Gasteiger partial charge in [0.25, 0.3) is 0 Å². The van der Waals surface area contributed by atoms with Gasteiger partial charge in [0.05, 0.1) is 19.8 Å². The SMILES string of the molecule is CCCc1ccc(CNC(=O)C2(CO)COC2)cc1. The molecule has 4 nitrogen and oxygen atoms in total. The first-order valence-corrected chi connectivity index (χ1v) is 6.75. The quantitative estimate of drug-likeness (QED) is 0.812. The van der Waals surface area contributed by atoms with E-state index in [1.807, 2.05) is 12.1 Å². The minimum absolute atomic E-state index is 0.126. The van der Waals surface area contributed by atoms with Crippen LogP contribution in [0.25, 0.3) is 0 Å². The van der Waals surface area contributed by atoms with Gasteiger partial charge in [0.15, 0.2) is 0 Å². The number of carbonyl (C=O) groups is 1. The lowest BCUT2D eigenvalue weighted by molar-refractivity contribution is -0.170. The summed E-state index contributed by atoms with van der Waals surface area (Å²) in [6.45, 7) is 3.11. The third-order valence-electron chi connectivity index (χ3n) is 3.56. The summed E-state index contributed by atoms with van der Waals surface area (Å²) in [7, 11) is 0. The van der Waals surface area contributed by atoms with Crippen LogP contribution in [0.2, 0.25) is 0 Å². The number of rotatable bonds is 6. The molecule has 104 valence electrons. The number of carbonyl (C=O) groups excluding carboxylic acids is 1. The molecule has 1 heterocycles. The standard InChI is InChI=1S/C15H21NO3/c1-2-3-12-4-6-13(7-5-12)8-16-14(18)15(9-17)10-19-11-15/h4-7,17H,2-3,8-11H2,1H3,(H,16,18). The van der Waals surface area contributed by atoms with E-state index < -0.39 is 5.41 Å². The fraction of sp³-hybridized carbons (Fsp3) is 0.533. The normalized spacial score (nSPS) is 16.7. The largest absolute Gasteiger partial charge is 0.395 e. The van der Waals surface area contributed by atoms with Crippen LogP contribution < -0.4 is 5.32 Å². The summed E-state index contributed by atoms with van der Waals surface area (Å²) < 4.78 is 5.02. The average Bonchev–Trinajstić information content (AvgIpc) is 2.38. The number of ether oxygens (including phenoxy) is 1. The molecule has 1 aliphatic heterocycles. The van der Waals surface area contributed by atoms with Crippen LogP contribution in [0.4, 0.5) is 0 Å². The number of hydrogen-bond donors (Lipinski definition) is 2. The Morgan fingerprint density at radius 1 is 1.32 bits per heavy atom. The molecule has 1 aliphatic rings. The molecule has 2 N–H and O–H groups in total. The fourth-order valence-corrected chi connectivity index (χ4v) is 2.12. The molecule has 0 bridgehead atoms. The highest BCUT2D eigenvalue weighted by molar-refractivity contribution is 5.83. The summed E-state index contributed by atoms with van der Waals surface area (Å²) in [5.74, 6) is -0.126. The Hall–Kier alpha value is -1.39. The molecular formula is C15H21NO3. The van der Waals surface area contributed by atoms with Crippen molar-refractivity contribution in [3.63, 3.8) is 0 Å². The van der Waals surface area contributed by atoms with Crippen molar-refractivity contribution in [2.45, 2.75) is 26.3 Å². The first-order chi connectivity index (χ1) is 9.20. The zero-order chi connectivity index (χ0) is 13.7. The molecule has 1 saturated heterocycles. The third kappa shape index (κ3) is 3.14. The molecule has 4 heteroatoms. The van der Waals surface area contributed by atoms with E-state index in [9.17, 15) is 9.90 Å². The van der Waals surface area contributed by atoms with E-state index in [2.05, 4.69) is 24.4 Å². The Labute approximate surface area is 113 Å². The van der Waals surface area contributed by atoms with E-state index in [0.717, 1.165) is 18.4 Å². The lowest BCUT2D eigenvalue weighted by atomic mass is 9.86. The first kappa shape index (κ1) is 14.0. The van der Waals surface area contributed by atoms with Crippen molar-refractivity contribution in [3.05, 3.63) is 35.4 Å². The maximum absolute atomic E-state index is 12.0. The van der Waals surface area contributed by atoms with Crippen LogP contribution in [0.3, 0.4) is 0 Å². The van der Waals surface area contributed by atoms with Crippen molar-refractivity contribution in [1.29, 1.82) is 0 Å². The minimum atomic E-state index is -0.720.